The summed E-state index contributed by atoms with van der Waals surface area (Å²) in [7, 11) is -3.60. The van der Waals surface area contributed by atoms with Crippen molar-refractivity contribution in [3.05, 3.63) is 23.5 Å². The van der Waals surface area contributed by atoms with Crippen LogP contribution in [-0.4, -0.2) is 36.7 Å². The molecule has 1 fully saturated rings. The molecule has 1 aromatic rings. The topological polar surface area (TPSA) is 93.4 Å². The predicted octanol–water partition coefficient (Wildman–Crippen LogP) is 0.621. The van der Waals surface area contributed by atoms with Crippen molar-refractivity contribution in [3.8, 4) is 0 Å². The Morgan fingerprint density at radius 1 is 1.37 bits per heavy atom. The normalized spacial score (nSPS) is 18.4. The SMILES string of the molecule is NC(=O)C1CCN(S(=O)(=O)c2cncc(Cl)c2)CC1. The Morgan fingerprint density at radius 3 is 2.53 bits per heavy atom. The van der Waals surface area contributed by atoms with Gasteiger partial charge in [-0.15, -0.1) is 0 Å². The number of hydrogen-bond acceptors (Lipinski definition) is 4. The zero-order chi connectivity index (χ0) is 14.0. The van der Waals surface area contributed by atoms with Crippen molar-refractivity contribution in [1.82, 2.24) is 9.29 Å². The van der Waals surface area contributed by atoms with Gasteiger partial charge in [0.25, 0.3) is 0 Å². The molecule has 8 heteroatoms. The van der Waals surface area contributed by atoms with Crippen LogP contribution in [0.2, 0.25) is 5.02 Å². The minimum absolute atomic E-state index is 0.0672. The fourth-order valence-corrected chi connectivity index (χ4v) is 3.76. The second-order valence-corrected chi connectivity index (χ2v) is 6.79. The number of pyridine rings is 1. The minimum atomic E-state index is -3.60. The summed E-state index contributed by atoms with van der Waals surface area (Å²) >= 11 is 5.75. The number of carbonyl (C=O) groups is 1. The lowest BCUT2D eigenvalue weighted by Gasteiger charge is -2.29. The molecule has 19 heavy (non-hydrogen) atoms. The van der Waals surface area contributed by atoms with E-state index < -0.39 is 10.0 Å². The molecular weight excluding hydrogens is 290 g/mol. The number of primary amides is 1. The third-order valence-corrected chi connectivity index (χ3v) is 5.24. The Hall–Kier alpha value is -1.18. The average Bonchev–Trinajstić information content (AvgIpc) is 2.39. The largest absolute Gasteiger partial charge is 0.369 e. The zero-order valence-corrected chi connectivity index (χ0v) is 11.7. The van der Waals surface area contributed by atoms with Gasteiger partial charge in [0.1, 0.15) is 4.90 Å². The first kappa shape index (κ1) is 14.2. The van der Waals surface area contributed by atoms with Crippen molar-refractivity contribution in [1.29, 1.82) is 0 Å². The summed E-state index contributed by atoms with van der Waals surface area (Å²) in [5.41, 5.74) is 5.22. The molecular formula is C11H14ClN3O3S. The number of hydrogen-bond donors (Lipinski definition) is 1. The fourth-order valence-electron chi connectivity index (χ4n) is 2.06. The van der Waals surface area contributed by atoms with Gasteiger partial charge < -0.3 is 5.73 Å². The number of halogens is 1. The Kier molecular flexibility index (Phi) is 4.07. The lowest BCUT2D eigenvalue weighted by Crippen LogP contribution is -2.41. The highest BCUT2D eigenvalue weighted by atomic mass is 35.5. The van der Waals surface area contributed by atoms with Gasteiger partial charge in [0.05, 0.1) is 5.02 Å². The van der Waals surface area contributed by atoms with Gasteiger partial charge in [0, 0.05) is 31.4 Å². The maximum atomic E-state index is 12.3. The van der Waals surface area contributed by atoms with Crippen LogP contribution in [0.3, 0.4) is 0 Å². The molecule has 0 aliphatic carbocycles. The number of sulfonamides is 1. The van der Waals surface area contributed by atoms with Crippen LogP contribution in [0.15, 0.2) is 23.4 Å². The molecule has 2 heterocycles. The molecule has 0 saturated carbocycles. The van der Waals surface area contributed by atoms with Crippen LogP contribution in [0, 0.1) is 5.92 Å². The minimum Gasteiger partial charge on any atom is -0.369 e. The van der Waals surface area contributed by atoms with E-state index in [-0.39, 0.29) is 34.8 Å². The lowest BCUT2D eigenvalue weighted by atomic mass is 9.98. The Morgan fingerprint density at radius 2 is 2.00 bits per heavy atom. The van der Waals surface area contributed by atoms with Gasteiger partial charge in [0.15, 0.2) is 0 Å². The highest BCUT2D eigenvalue weighted by Crippen LogP contribution is 2.24. The smallest absolute Gasteiger partial charge is 0.244 e. The molecule has 0 spiro atoms. The molecule has 1 saturated heterocycles. The first-order valence-electron chi connectivity index (χ1n) is 5.81. The van der Waals surface area contributed by atoms with Gasteiger partial charge in [-0.05, 0) is 18.9 Å². The third-order valence-electron chi connectivity index (χ3n) is 3.17. The Bertz CT molecular complexity index is 583. The fraction of sp³-hybridized carbons (Fsp3) is 0.455. The molecule has 6 nitrogen and oxygen atoms in total. The van der Waals surface area contributed by atoms with Crippen molar-refractivity contribution in [2.24, 2.45) is 11.7 Å². The van der Waals surface area contributed by atoms with E-state index in [1.54, 1.807) is 0 Å². The van der Waals surface area contributed by atoms with Gasteiger partial charge in [-0.25, -0.2) is 8.42 Å². The average molecular weight is 304 g/mol. The summed E-state index contributed by atoms with van der Waals surface area (Å²) in [4.78, 5) is 14.9. The molecule has 0 radical (unpaired) electrons. The summed E-state index contributed by atoms with van der Waals surface area (Å²) in [6.45, 7) is 0.560. The van der Waals surface area contributed by atoms with Crippen molar-refractivity contribution in [2.45, 2.75) is 17.7 Å². The highest BCUT2D eigenvalue weighted by molar-refractivity contribution is 7.89. The van der Waals surface area contributed by atoms with Gasteiger partial charge >= 0.3 is 0 Å². The molecule has 1 aliphatic heterocycles. The van der Waals surface area contributed by atoms with Crippen molar-refractivity contribution >= 4 is 27.5 Å². The van der Waals surface area contributed by atoms with E-state index in [2.05, 4.69) is 4.98 Å². The summed E-state index contributed by atoms with van der Waals surface area (Å²) < 4.78 is 26.0. The number of aromatic nitrogens is 1. The van der Waals surface area contributed by atoms with E-state index in [0.717, 1.165) is 0 Å². The quantitative estimate of drug-likeness (QED) is 0.886. The molecule has 2 rings (SSSR count). The summed E-state index contributed by atoms with van der Waals surface area (Å²) in [5, 5.41) is 0.271. The summed E-state index contributed by atoms with van der Waals surface area (Å²) in [6.07, 6.45) is 3.53. The van der Waals surface area contributed by atoms with Crippen molar-refractivity contribution in [3.63, 3.8) is 0 Å². The third kappa shape index (κ3) is 3.05. The van der Waals surface area contributed by atoms with E-state index in [4.69, 9.17) is 17.3 Å². The van der Waals surface area contributed by atoms with Crippen molar-refractivity contribution in [2.75, 3.05) is 13.1 Å². The number of carbonyl (C=O) groups excluding carboxylic acids is 1. The van der Waals surface area contributed by atoms with Gasteiger partial charge in [0.2, 0.25) is 15.9 Å². The zero-order valence-electron chi connectivity index (χ0n) is 10.1. The second-order valence-electron chi connectivity index (χ2n) is 4.42. The molecule has 2 N–H and O–H groups in total. The second kappa shape index (κ2) is 5.44. The molecule has 0 unspecified atom stereocenters. The molecule has 0 aromatic carbocycles. The number of nitrogens with two attached hydrogens (primary N) is 1. The lowest BCUT2D eigenvalue weighted by molar-refractivity contribution is -0.122. The molecule has 104 valence electrons. The van der Waals surface area contributed by atoms with Gasteiger partial charge in [-0.2, -0.15) is 4.31 Å². The van der Waals surface area contributed by atoms with Crippen LogP contribution in [-0.2, 0) is 14.8 Å². The van der Waals surface area contributed by atoms with Crippen molar-refractivity contribution < 1.29 is 13.2 Å². The molecule has 1 aliphatic rings. The first-order chi connectivity index (χ1) is 8.91. The van der Waals surface area contributed by atoms with E-state index in [9.17, 15) is 13.2 Å². The van der Waals surface area contributed by atoms with E-state index in [1.165, 1.54) is 22.8 Å². The van der Waals surface area contributed by atoms with Crippen LogP contribution in [0.25, 0.3) is 0 Å². The summed E-state index contributed by atoms with van der Waals surface area (Å²) in [6, 6.07) is 1.37. The first-order valence-corrected chi connectivity index (χ1v) is 7.63. The number of nitrogens with zero attached hydrogens (tertiary/aromatic N) is 2. The van der Waals surface area contributed by atoms with Crippen LogP contribution < -0.4 is 5.73 Å². The van der Waals surface area contributed by atoms with Gasteiger partial charge in [-0.3, -0.25) is 9.78 Å². The number of rotatable bonds is 3. The number of piperidine rings is 1. The van der Waals surface area contributed by atoms with Crippen LogP contribution in [0.4, 0.5) is 0 Å². The number of amides is 1. The maximum absolute atomic E-state index is 12.3. The molecule has 0 bridgehead atoms. The maximum Gasteiger partial charge on any atom is 0.244 e. The van der Waals surface area contributed by atoms with Crippen LogP contribution in [0.1, 0.15) is 12.8 Å². The van der Waals surface area contributed by atoms with Crippen LogP contribution >= 0.6 is 11.6 Å². The van der Waals surface area contributed by atoms with E-state index in [0.29, 0.717) is 12.8 Å². The van der Waals surface area contributed by atoms with E-state index in [1.807, 2.05) is 0 Å². The Labute approximate surface area is 116 Å². The molecule has 1 amide bonds. The Balaban J connectivity index is 2.16. The van der Waals surface area contributed by atoms with E-state index >= 15 is 0 Å². The van der Waals surface area contributed by atoms with Gasteiger partial charge in [-0.1, -0.05) is 11.6 Å². The summed E-state index contributed by atoms with van der Waals surface area (Å²) in [5.74, 6) is -0.620. The monoisotopic (exact) mass is 303 g/mol. The van der Waals surface area contributed by atoms with Crippen LogP contribution in [0.5, 0.6) is 0 Å². The predicted molar refractivity (Wildman–Crippen MR) is 69.9 cm³/mol. The molecule has 0 atom stereocenters. The standard InChI is InChI=1S/C11H14ClN3O3S/c12-9-5-10(7-14-6-9)19(17,18)15-3-1-8(2-4-15)11(13)16/h5-8H,1-4H2,(H2,13,16). The highest BCUT2D eigenvalue weighted by Gasteiger charge is 2.31. The molecule has 1 aromatic heterocycles.